The fourth-order valence-corrected chi connectivity index (χ4v) is 3.88. The van der Waals surface area contributed by atoms with Gasteiger partial charge >= 0.3 is 6.03 Å². The summed E-state index contributed by atoms with van der Waals surface area (Å²) < 4.78 is 13.1. The van der Waals surface area contributed by atoms with Crippen molar-refractivity contribution in [3.63, 3.8) is 0 Å². The summed E-state index contributed by atoms with van der Waals surface area (Å²) in [6.45, 7) is 5.26. The smallest absolute Gasteiger partial charge is 0.318 e. The van der Waals surface area contributed by atoms with Crippen molar-refractivity contribution in [3.8, 4) is 0 Å². The summed E-state index contributed by atoms with van der Waals surface area (Å²) in [5.41, 5.74) is 4.49. The number of carbonyl (C=O) groups is 1. The number of anilines is 1. The van der Waals surface area contributed by atoms with Gasteiger partial charge in [0.2, 0.25) is 0 Å². The van der Waals surface area contributed by atoms with Crippen LogP contribution in [0.4, 0.5) is 14.9 Å². The van der Waals surface area contributed by atoms with Crippen molar-refractivity contribution in [1.82, 2.24) is 10.2 Å². The Bertz CT molecular complexity index is 783. The van der Waals surface area contributed by atoms with Gasteiger partial charge in [-0.1, -0.05) is 29.8 Å². The topological polar surface area (TPSA) is 44.4 Å². The van der Waals surface area contributed by atoms with E-state index in [-0.39, 0.29) is 11.8 Å². The summed E-state index contributed by atoms with van der Waals surface area (Å²) in [7, 11) is 1.62. The molecule has 0 atom stereocenters. The highest BCUT2D eigenvalue weighted by Gasteiger charge is 2.19. The Balaban J connectivity index is 1.49. The molecule has 3 rings (SSSR count). The molecule has 1 heterocycles. The summed E-state index contributed by atoms with van der Waals surface area (Å²) in [6, 6.07) is 12.9. The van der Waals surface area contributed by atoms with E-state index < -0.39 is 0 Å². The van der Waals surface area contributed by atoms with Gasteiger partial charge in [-0.15, -0.1) is 0 Å². The number of amides is 2. The van der Waals surface area contributed by atoms with Gasteiger partial charge in [0, 0.05) is 19.3 Å². The van der Waals surface area contributed by atoms with Crippen LogP contribution in [0.1, 0.15) is 29.5 Å². The van der Waals surface area contributed by atoms with E-state index in [0.717, 1.165) is 38.2 Å². The molecule has 28 heavy (non-hydrogen) atoms. The number of carbonyl (C=O) groups excluding carboxylic acids is 1. The molecule has 1 saturated heterocycles. The summed E-state index contributed by atoms with van der Waals surface area (Å²) in [4.78, 5) is 14.2. The molecule has 1 aliphatic rings. The lowest BCUT2D eigenvalue weighted by Crippen LogP contribution is -2.35. The van der Waals surface area contributed by atoms with E-state index in [0.29, 0.717) is 5.92 Å². The van der Waals surface area contributed by atoms with E-state index in [1.807, 2.05) is 24.3 Å². The molecule has 0 bridgehead atoms. The van der Waals surface area contributed by atoms with E-state index in [1.165, 1.54) is 29.5 Å². The highest BCUT2D eigenvalue weighted by Crippen LogP contribution is 2.23. The maximum Gasteiger partial charge on any atom is 0.318 e. The van der Waals surface area contributed by atoms with Gasteiger partial charge in [-0.05, 0) is 80.9 Å². The summed E-state index contributed by atoms with van der Waals surface area (Å²) in [5.74, 6) is 0.506. The fraction of sp³-hybridized carbons (Fsp3) is 0.435. The van der Waals surface area contributed by atoms with E-state index in [9.17, 15) is 9.18 Å². The Hall–Kier alpha value is -2.40. The van der Waals surface area contributed by atoms with Gasteiger partial charge in [-0.2, -0.15) is 0 Å². The molecule has 0 aliphatic carbocycles. The minimum absolute atomic E-state index is 0.167. The lowest BCUT2D eigenvalue weighted by Gasteiger charge is -2.32. The molecule has 150 valence electrons. The molecule has 1 aliphatic heterocycles. The second-order valence-electron chi connectivity index (χ2n) is 7.73. The Morgan fingerprint density at radius 2 is 1.86 bits per heavy atom. The number of rotatable bonds is 6. The molecule has 2 N–H and O–H groups in total. The zero-order valence-corrected chi connectivity index (χ0v) is 16.8. The Morgan fingerprint density at radius 3 is 2.54 bits per heavy atom. The van der Waals surface area contributed by atoms with Crippen LogP contribution in [0.5, 0.6) is 0 Å². The summed E-state index contributed by atoms with van der Waals surface area (Å²) >= 11 is 0. The number of hydrogen-bond donors (Lipinski definition) is 2. The lowest BCUT2D eigenvalue weighted by atomic mass is 9.90. The van der Waals surface area contributed by atoms with Crippen LogP contribution in [0, 0.1) is 18.7 Å². The van der Waals surface area contributed by atoms with Crippen LogP contribution in [0.3, 0.4) is 0 Å². The second-order valence-corrected chi connectivity index (χ2v) is 7.73. The molecule has 2 aromatic carbocycles. The molecule has 2 aromatic rings. The van der Waals surface area contributed by atoms with Crippen LogP contribution in [0.25, 0.3) is 0 Å². The van der Waals surface area contributed by atoms with E-state index in [2.05, 4.69) is 28.5 Å². The van der Waals surface area contributed by atoms with Crippen LogP contribution < -0.4 is 10.6 Å². The average Bonchev–Trinajstić information content (AvgIpc) is 2.70. The quantitative estimate of drug-likeness (QED) is 0.777. The van der Waals surface area contributed by atoms with Gasteiger partial charge < -0.3 is 15.5 Å². The maximum absolute atomic E-state index is 13.1. The number of aryl methyl sites for hydroxylation is 1. The fourth-order valence-electron chi connectivity index (χ4n) is 3.88. The van der Waals surface area contributed by atoms with Gasteiger partial charge in [0.15, 0.2) is 0 Å². The third-order valence-electron chi connectivity index (χ3n) is 5.58. The first-order chi connectivity index (χ1) is 13.5. The summed E-state index contributed by atoms with van der Waals surface area (Å²) in [5, 5.41) is 5.53. The number of urea groups is 1. The van der Waals surface area contributed by atoms with Crippen molar-refractivity contribution in [1.29, 1.82) is 0 Å². The number of hydrogen-bond acceptors (Lipinski definition) is 2. The minimum atomic E-state index is -0.188. The molecule has 0 radical (unpaired) electrons. The molecule has 1 fully saturated rings. The Morgan fingerprint density at radius 1 is 1.14 bits per heavy atom. The highest BCUT2D eigenvalue weighted by atomic mass is 19.1. The van der Waals surface area contributed by atoms with Crippen molar-refractivity contribution in [2.45, 2.75) is 32.6 Å². The van der Waals surface area contributed by atoms with Gasteiger partial charge in [-0.3, -0.25) is 0 Å². The zero-order valence-electron chi connectivity index (χ0n) is 16.8. The lowest BCUT2D eigenvalue weighted by molar-refractivity contribution is 0.186. The van der Waals surface area contributed by atoms with Crippen molar-refractivity contribution in [3.05, 3.63) is 65.0 Å². The standard InChI is InChI=1S/C23H30FN3O/c1-17-3-8-22(26-23(28)25-2)20(15-17)11-14-27-12-9-19(10-13-27)16-18-4-6-21(24)7-5-18/h3-8,15,19H,9-14,16H2,1-2H3,(H2,25,26,28). The molecule has 0 saturated carbocycles. The van der Waals surface area contributed by atoms with Crippen LogP contribution in [0.2, 0.25) is 0 Å². The van der Waals surface area contributed by atoms with Crippen LogP contribution in [0.15, 0.2) is 42.5 Å². The monoisotopic (exact) mass is 383 g/mol. The van der Waals surface area contributed by atoms with Gasteiger partial charge in [-0.25, -0.2) is 9.18 Å². The molecule has 0 unspecified atom stereocenters. The van der Waals surface area contributed by atoms with Gasteiger partial charge in [0.1, 0.15) is 5.82 Å². The average molecular weight is 384 g/mol. The largest absolute Gasteiger partial charge is 0.341 e. The predicted molar refractivity (Wildman–Crippen MR) is 112 cm³/mol. The highest BCUT2D eigenvalue weighted by molar-refractivity contribution is 5.89. The summed E-state index contributed by atoms with van der Waals surface area (Å²) in [6.07, 6.45) is 4.30. The molecule has 2 amide bonds. The van der Waals surface area contributed by atoms with Crippen molar-refractivity contribution in [2.75, 3.05) is 32.0 Å². The second kappa shape index (κ2) is 9.69. The molecular weight excluding hydrogens is 353 g/mol. The van der Waals surface area contributed by atoms with Crippen molar-refractivity contribution in [2.24, 2.45) is 5.92 Å². The Labute approximate surface area is 167 Å². The van der Waals surface area contributed by atoms with Gasteiger partial charge in [0.25, 0.3) is 0 Å². The number of piperidine rings is 1. The van der Waals surface area contributed by atoms with E-state index >= 15 is 0 Å². The van der Waals surface area contributed by atoms with Crippen molar-refractivity contribution < 1.29 is 9.18 Å². The first-order valence-electron chi connectivity index (χ1n) is 10.1. The Kier molecular flexibility index (Phi) is 7.04. The first kappa shape index (κ1) is 20.3. The third kappa shape index (κ3) is 5.80. The minimum Gasteiger partial charge on any atom is -0.341 e. The third-order valence-corrected chi connectivity index (χ3v) is 5.58. The number of nitrogens with zero attached hydrogens (tertiary/aromatic N) is 1. The van der Waals surface area contributed by atoms with Crippen molar-refractivity contribution >= 4 is 11.7 Å². The maximum atomic E-state index is 13.1. The normalized spacial score (nSPS) is 15.4. The SMILES string of the molecule is CNC(=O)Nc1ccc(C)cc1CCN1CCC(Cc2ccc(F)cc2)CC1. The number of likely N-dealkylation sites (tertiary alicyclic amines) is 1. The number of halogens is 1. The first-order valence-corrected chi connectivity index (χ1v) is 10.1. The van der Waals surface area contributed by atoms with E-state index in [1.54, 1.807) is 19.2 Å². The van der Waals surface area contributed by atoms with Crippen LogP contribution >= 0.6 is 0 Å². The zero-order chi connectivity index (χ0) is 19.9. The molecule has 5 heteroatoms. The van der Waals surface area contributed by atoms with Crippen LogP contribution in [-0.4, -0.2) is 37.6 Å². The van der Waals surface area contributed by atoms with Gasteiger partial charge in [0.05, 0.1) is 0 Å². The van der Waals surface area contributed by atoms with E-state index in [4.69, 9.17) is 0 Å². The van der Waals surface area contributed by atoms with Crippen LogP contribution in [-0.2, 0) is 12.8 Å². The molecule has 4 nitrogen and oxygen atoms in total. The molecule has 0 spiro atoms. The molecule has 0 aromatic heterocycles. The molecular formula is C23H30FN3O. The number of nitrogens with one attached hydrogen (secondary N) is 2. The number of benzene rings is 2. The predicted octanol–water partition coefficient (Wildman–Crippen LogP) is 4.38.